The fraction of sp³-hybridized carbons (Fsp3) is 0.381. The van der Waals surface area contributed by atoms with Crippen LogP contribution in [0.1, 0.15) is 24.2 Å². The molecule has 0 bridgehead atoms. The molecule has 1 aromatic carbocycles. The molecular weight excluding hydrogens is 466 g/mol. The summed E-state index contributed by atoms with van der Waals surface area (Å²) in [6, 6.07) is 5.79. The van der Waals surface area contributed by atoms with Crippen molar-refractivity contribution in [3.63, 3.8) is 0 Å². The van der Waals surface area contributed by atoms with Crippen molar-refractivity contribution in [1.29, 1.82) is 0 Å². The van der Waals surface area contributed by atoms with Gasteiger partial charge in [0.25, 0.3) is 5.91 Å². The van der Waals surface area contributed by atoms with E-state index in [1.54, 1.807) is 13.8 Å². The Balaban J connectivity index is 1.78. The number of nitrogens with zero attached hydrogens (tertiary/aromatic N) is 3. The summed E-state index contributed by atoms with van der Waals surface area (Å²) in [5.41, 5.74) is -0.378. The minimum absolute atomic E-state index is 0.0417. The average molecular weight is 492 g/mol. The lowest BCUT2D eigenvalue weighted by molar-refractivity contribution is -0.384. The zero-order valence-corrected chi connectivity index (χ0v) is 19.4. The first-order valence-corrected chi connectivity index (χ1v) is 11.9. The number of nitro groups is 1. The van der Waals surface area contributed by atoms with Gasteiger partial charge in [0, 0.05) is 24.8 Å². The van der Waals surface area contributed by atoms with Gasteiger partial charge in [-0.3, -0.25) is 24.7 Å². The van der Waals surface area contributed by atoms with Gasteiger partial charge >= 0.3 is 5.69 Å². The van der Waals surface area contributed by atoms with Crippen molar-refractivity contribution in [2.75, 3.05) is 31.6 Å². The number of hydrogen-bond acceptors (Lipinski definition) is 8. The molecule has 1 fully saturated rings. The van der Waals surface area contributed by atoms with Gasteiger partial charge in [-0.15, -0.1) is 0 Å². The molecule has 12 nitrogen and oxygen atoms in total. The molecule has 3 rings (SSSR count). The van der Waals surface area contributed by atoms with Gasteiger partial charge in [-0.05, 0) is 30.2 Å². The number of nitrogens with one attached hydrogen (secondary N) is 2. The first kappa shape index (κ1) is 25.2. The Morgan fingerprint density at radius 3 is 2.56 bits per heavy atom. The van der Waals surface area contributed by atoms with Gasteiger partial charge in [0.05, 0.1) is 23.0 Å². The summed E-state index contributed by atoms with van der Waals surface area (Å²) in [6.07, 6.45) is 2.31. The molecule has 0 aliphatic carbocycles. The molecule has 182 valence electrons. The second-order valence-electron chi connectivity index (χ2n) is 7.88. The van der Waals surface area contributed by atoms with E-state index in [-0.39, 0.29) is 40.8 Å². The second-order valence-corrected chi connectivity index (χ2v) is 9.82. The number of ether oxygens (including phenoxy) is 1. The van der Waals surface area contributed by atoms with Gasteiger partial charge in [-0.25, -0.2) is 8.42 Å². The number of carbonyl (C=O) groups excluding carboxylic acids is 2. The third-order valence-corrected chi connectivity index (χ3v) is 7.09. The van der Waals surface area contributed by atoms with E-state index in [1.807, 2.05) is 0 Å². The number of hydrogen-bond donors (Lipinski definition) is 2. The van der Waals surface area contributed by atoms with Gasteiger partial charge in [0.2, 0.25) is 15.9 Å². The summed E-state index contributed by atoms with van der Waals surface area (Å²) in [6.45, 7) is 4.42. The van der Waals surface area contributed by atoms with E-state index in [2.05, 4.69) is 15.6 Å². The molecule has 34 heavy (non-hydrogen) atoms. The summed E-state index contributed by atoms with van der Waals surface area (Å²) >= 11 is 0. The monoisotopic (exact) mass is 491 g/mol. The Kier molecular flexibility index (Phi) is 7.91. The molecule has 1 aliphatic rings. The highest BCUT2D eigenvalue weighted by Gasteiger charge is 2.29. The Bertz CT molecular complexity index is 1180. The quantitative estimate of drug-likeness (QED) is 0.414. The summed E-state index contributed by atoms with van der Waals surface area (Å²) in [7, 11) is -3.81. The van der Waals surface area contributed by atoms with E-state index in [0.717, 1.165) is 6.20 Å². The summed E-state index contributed by atoms with van der Waals surface area (Å²) in [4.78, 5) is 39.9. The number of benzene rings is 1. The van der Waals surface area contributed by atoms with Crippen molar-refractivity contribution in [2.24, 2.45) is 5.92 Å². The van der Waals surface area contributed by atoms with E-state index >= 15 is 0 Å². The van der Waals surface area contributed by atoms with Crippen molar-refractivity contribution in [3.8, 4) is 0 Å². The number of rotatable bonds is 8. The van der Waals surface area contributed by atoms with Crippen LogP contribution < -0.4 is 10.6 Å². The van der Waals surface area contributed by atoms with Crippen LogP contribution >= 0.6 is 0 Å². The van der Waals surface area contributed by atoms with E-state index < -0.39 is 32.8 Å². The Hall–Kier alpha value is -3.42. The topological polar surface area (TPSA) is 161 Å². The molecule has 1 saturated heterocycles. The van der Waals surface area contributed by atoms with E-state index in [1.165, 1.54) is 40.8 Å². The Morgan fingerprint density at radius 1 is 1.21 bits per heavy atom. The van der Waals surface area contributed by atoms with Crippen molar-refractivity contribution < 1.29 is 27.7 Å². The number of pyridine rings is 1. The molecule has 2 amide bonds. The van der Waals surface area contributed by atoms with E-state index in [9.17, 15) is 28.1 Å². The molecule has 1 unspecified atom stereocenters. The first-order valence-electron chi connectivity index (χ1n) is 10.5. The number of anilines is 1. The number of amides is 2. The molecular formula is C21H25N5O7S. The van der Waals surface area contributed by atoms with Crippen LogP contribution in [-0.2, 0) is 19.6 Å². The van der Waals surface area contributed by atoms with Crippen LogP contribution in [0.4, 0.5) is 11.4 Å². The van der Waals surface area contributed by atoms with Crippen molar-refractivity contribution in [2.45, 2.75) is 24.8 Å². The molecule has 1 aliphatic heterocycles. The Labute approximate surface area is 196 Å². The minimum Gasteiger partial charge on any atom is -0.379 e. The fourth-order valence-electron chi connectivity index (χ4n) is 3.34. The normalized spacial score (nSPS) is 15.5. The van der Waals surface area contributed by atoms with Crippen LogP contribution in [0.3, 0.4) is 0 Å². The summed E-state index contributed by atoms with van der Waals surface area (Å²) in [5.74, 6) is -1.68. The smallest absolute Gasteiger partial charge is 0.310 e. The molecule has 1 aromatic heterocycles. The third-order valence-electron chi connectivity index (χ3n) is 5.19. The lowest BCUT2D eigenvalue weighted by Gasteiger charge is -2.26. The highest BCUT2D eigenvalue weighted by atomic mass is 32.2. The molecule has 2 aromatic rings. The van der Waals surface area contributed by atoms with E-state index in [0.29, 0.717) is 13.2 Å². The highest BCUT2D eigenvalue weighted by molar-refractivity contribution is 7.89. The SMILES string of the molecule is CC(C)C(NC(=O)c1cccc(S(=O)(=O)N2CCOCC2)c1)C(=O)Nc1ccncc1[N+](=O)[O-]. The van der Waals surface area contributed by atoms with Crippen LogP contribution in [0.25, 0.3) is 0 Å². The first-order chi connectivity index (χ1) is 16.1. The number of carbonyl (C=O) groups is 2. The number of aromatic nitrogens is 1. The minimum atomic E-state index is -3.81. The zero-order valence-electron chi connectivity index (χ0n) is 18.6. The van der Waals surface area contributed by atoms with Gasteiger partial charge in [-0.2, -0.15) is 4.31 Å². The molecule has 1 atom stereocenters. The van der Waals surface area contributed by atoms with Crippen LogP contribution in [-0.4, -0.2) is 66.8 Å². The van der Waals surface area contributed by atoms with Gasteiger partial charge in [0.1, 0.15) is 17.9 Å². The summed E-state index contributed by atoms with van der Waals surface area (Å²) in [5, 5.41) is 16.2. The van der Waals surface area contributed by atoms with Gasteiger partial charge in [-0.1, -0.05) is 19.9 Å². The Morgan fingerprint density at radius 2 is 1.91 bits per heavy atom. The predicted molar refractivity (Wildman–Crippen MR) is 122 cm³/mol. The van der Waals surface area contributed by atoms with Crippen LogP contribution in [0.5, 0.6) is 0 Å². The summed E-state index contributed by atoms with van der Waals surface area (Å²) < 4.78 is 32.3. The average Bonchev–Trinajstić information content (AvgIpc) is 2.83. The molecule has 0 saturated carbocycles. The molecule has 2 heterocycles. The van der Waals surface area contributed by atoms with Crippen LogP contribution in [0, 0.1) is 16.0 Å². The van der Waals surface area contributed by atoms with Crippen molar-refractivity contribution >= 4 is 33.2 Å². The maximum atomic E-state index is 12.9. The van der Waals surface area contributed by atoms with Crippen molar-refractivity contribution in [1.82, 2.24) is 14.6 Å². The maximum absolute atomic E-state index is 12.9. The number of sulfonamides is 1. The highest BCUT2D eigenvalue weighted by Crippen LogP contribution is 2.23. The molecule has 2 N–H and O–H groups in total. The third kappa shape index (κ3) is 5.73. The van der Waals surface area contributed by atoms with Crippen molar-refractivity contribution in [3.05, 3.63) is 58.4 Å². The molecule has 0 radical (unpaired) electrons. The molecule has 0 spiro atoms. The second kappa shape index (κ2) is 10.7. The molecule has 13 heteroatoms. The standard InChI is InChI=1S/C21H25N5O7S/c1-14(2)19(21(28)23-17-6-7-22-13-18(17)26(29)30)24-20(27)15-4-3-5-16(12-15)34(31,32)25-8-10-33-11-9-25/h3-7,12-14,19H,8-11H2,1-2H3,(H,24,27)(H,22,23,28). The van der Waals surface area contributed by atoms with Crippen LogP contribution in [0.2, 0.25) is 0 Å². The lowest BCUT2D eigenvalue weighted by atomic mass is 10.0. The predicted octanol–water partition coefficient (Wildman–Crippen LogP) is 1.40. The zero-order chi connectivity index (χ0) is 24.9. The van der Waals surface area contributed by atoms with Gasteiger partial charge in [0.15, 0.2) is 0 Å². The van der Waals surface area contributed by atoms with E-state index in [4.69, 9.17) is 4.74 Å². The van der Waals surface area contributed by atoms with Crippen LogP contribution in [0.15, 0.2) is 47.6 Å². The lowest BCUT2D eigenvalue weighted by Crippen LogP contribution is -2.47. The largest absolute Gasteiger partial charge is 0.379 e. The fourth-order valence-corrected chi connectivity index (χ4v) is 4.80. The number of morpholine rings is 1. The maximum Gasteiger partial charge on any atom is 0.310 e. The van der Waals surface area contributed by atoms with Gasteiger partial charge < -0.3 is 15.4 Å².